The zero-order valence-corrected chi connectivity index (χ0v) is 14.0. The van der Waals surface area contributed by atoms with Crippen LogP contribution >= 0.6 is 0 Å². The summed E-state index contributed by atoms with van der Waals surface area (Å²) in [7, 11) is 0. The third kappa shape index (κ3) is 5.33. The number of hydrogen-bond donors (Lipinski definition) is 1. The fourth-order valence-corrected chi connectivity index (χ4v) is 3.71. The summed E-state index contributed by atoms with van der Waals surface area (Å²) in [4.78, 5) is 17.0. The summed E-state index contributed by atoms with van der Waals surface area (Å²) in [6.45, 7) is 5.77. The summed E-state index contributed by atoms with van der Waals surface area (Å²) in [5.41, 5.74) is 1.35. The molecule has 0 unspecified atom stereocenters. The van der Waals surface area contributed by atoms with Gasteiger partial charge in [-0.1, -0.05) is 43.2 Å². The average molecular weight is 315 g/mol. The van der Waals surface area contributed by atoms with Crippen LogP contribution in [0.15, 0.2) is 30.3 Å². The Kier molecular flexibility index (Phi) is 6.06. The van der Waals surface area contributed by atoms with Crippen LogP contribution < -0.4 is 5.32 Å². The van der Waals surface area contributed by atoms with E-state index >= 15 is 0 Å². The Hall–Kier alpha value is -1.39. The number of nitrogens with one attached hydrogen (secondary N) is 1. The molecule has 126 valence electrons. The molecule has 1 aromatic carbocycles. The van der Waals surface area contributed by atoms with E-state index in [2.05, 4.69) is 45.4 Å². The molecule has 2 aliphatic rings. The minimum atomic E-state index is 0.207. The second-order valence-corrected chi connectivity index (χ2v) is 6.96. The maximum absolute atomic E-state index is 12.3. The molecule has 3 rings (SSSR count). The third-order valence-corrected chi connectivity index (χ3v) is 4.95. The second kappa shape index (κ2) is 8.46. The molecule has 2 saturated heterocycles. The number of nitrogens with zero attached hydrogens (tertiary/aromatic N) is 2. The second-order valence-electron chi connectivity index (χ2n) is 6.96. The van der Waals surface area contributed by atoms with Gasteiger partial charge in [-0.25, -0.2) is 0 Å². The number of likely N-dealkylation sites (tertiary alicyclic amines) is 2. The Morgan fingerprint density at radius 2 is 1.74 bits per heavy atom. The van der Waals surface area contributed by atoms with Crippen LogP contribution in [0.4, 0.5) is 0 Å². The molecule has 0 radical (unpaired) electrons. The van der Waals surface area contributed by atoms with Crippen molar-refractivity contribution < 1.29 is 4.79 Å². The number of carbonyl (C=O) groups excluding carboxylic acids is 1. The average Bonchev–Trinajstić information content (AvgIpc) is 2.82. The molecule has 0 aromatic heterocycles. The van der Waals surface area contributed by atoms with Gasteiger partial charge in [0.25, 0.3) is 0 Å². The van der Waals surface area contributed by atoms with E-state index in [0.717, 1.165) is 39.1 Å². The maximum atomic E-state index is 12.3. The lowest BCUT2D eigenvalue weighted by molar-refractivity contribution is -0.122. The van der Waals surface area contributed by atoms with Crippen molar-refractivity contribution in [1.82, 2.24) is 15.1 Å². The van der Waals surface area contributed by atoms with Crippen molar-refractivity contribution in [3.05, 3.63) is 35.9 Å². The number of amides is 1. The standard InChI is InChI=1S/C19H29N3O/c23-19(16-21-11-6-1-2-7-12-21)20-18-10-13-22(15-18)14-17-8-4-3-5-9-17/h3-5,8-9,18H,1-2,6-7,10-16H2,(H,20,23)/t18-/m0/s1. The van der Waals surface area contributed by atoms with Gasteiger partial charge in [0.2, 0.25) is 5.91 Å². The molecule has 2 heterocycles. The smallest absolute Gasteiger partial charge is 0.234 e. The minimum absolute atomic E-state index is 0.207. The van der Waals surface area contributed by atoms with Crippen LogP contribution in [0, 0.1) is 0 Å². The quantitative estimate of drug-likeness (QED) is 0.905. The molecule has 0 spiro atoms. The number of benzene rings is 1. The van der Waals surface area contributed by atoms with Crippen LogP contribution in [0.2, 0.25) is 0 Å². The minimum Gasteiger partial charge on any atom is -0.351 e. The predicted octanol–water partition coefficient (Wildman–Crippen LogP) is 2.25. The van der Waals surface area contributed by atoms with Crippen molar-refractivity contribution in [2.75, 3.05) is 32.7 Å². The highest BCUT2D eigenvalue weighted by atomic mass is 16.2. The fraction of sp³-hybridized carbons (Fsp3) is 0.632. The molecule has 4 nitrogen and oxygen atoms in total. The summed E-state index contributed by atoms with van der Waals surface area (Å²) in [5, 5.41) is 3.24. The Bertz CT molecular complexity index is 483. The first-order valence-corrected chi connectivity index (χ1v) is 9.07. The van der Waals surface area contributed by atoms with Crippen LogP contribution in [0.5, 0.6) is 0 Å². The first-order valence-electron chi connectivity index (χ1n) is 9.07. The molecule has 2 aliphatic heterocycles. The summed E-state index contributed by atoms with van der Waals surface area (Å²) in [5.74, 6) is 0.207. The van der Waals surface area contributed by atoms with Crippen molar-refractivity contribution in [3.63, 3.8) is 0 Å². The zero-order chi connectivity index (χ0) is 15.9. The van der Waals surface area contributed by atoms with Gasteiger partial charge < -0.3 is 5.32 Å². The van der Waals surface area contributed by atoms with Gasteiger partial charge in [0.1, 0.15) is 0 Å². The van der Waals surface area contributed by atoms with E-state index < -0.39 is 0 Å². The highest BCUT2D eigenvalue weighted by Gasteiger charge is 2.24. The summed E-state index contributed by atoms with van der Waals surface area (Å²) in [6, 6.07) is 10.9. The van der Waals surface area contributed by atoms with Gasteiger partial charge >= 0.3 is 0 Å². The largest absolute Gasteiger partial charge is 0.351 e. The zero-order valence-electron chi connectivity index (χ0n) is 14.0. The third-order valence-electron chi connectivity index (χ3n) is 4.95. The molecule has 1 N–H and O–H groups in total. The Morgan fingerprint density at radius 3 is 2.48 bits per heavy atom. The molecule has 23 heavy (non-hydrogen) atoms. The van der Waals surface area contributed by atoms with Gasteiger partial charge in [-0.05, 0) is 37.9 Å². The molecule has 0 saturated carbocycles. The van der Waals surface area contributed by atoms with Crippen LogP contribution in [0.3, 0.4) is 0 Å². The Labute approximate surface area is 139 Å². The van der Waals surface area contributed by atoms with Crippen LogP contribution in [-0.4, -0.2) is 54.5 Å². The predicted molar refractivity (Wildman–Crippen MR) is 93.2 cm³/mol. The molecule has 2 fully saturated rings. The van der Waals surface area contributed by atoms with Gasteiger partial charge in [0.05, 0.1) is 6.54 Å². The molecular weight excluding hydrogens is 286 g/mol. The van der Waals surface area contributed by atoms with E-state index in [1.807, 2.05) is 0 Å². The van der Waals surface area contributed by atoms with E-state index in [1.54, 1.807) is 0 Å². The van der Waals surface area contributed by atoms with Crippen molar-refractivity contribution in [3.8, 4) is 0 Å². The van der Waals surface area contributed by atoms with Crippen molar-refractivity contribution in [2.24, 2.45) is 0 Å². The van der Waals surface area contributed by atoms with E-state index in [4.69, 9.17) is 0 Å². The van der Waals surface area contributed by atoms with Crippen LogP contribution in [0.25, 0.3) is 0 Å². The summed E-state index contributed by atoms with van der Waals surface area (Å²) >= 11 is 0. The normalized spacial score (nSPS) is 23.6. The molecular formula is C19H29N3O. The van der Waals surface area contributed by atoms with Gasteiger partial charge in [-0.15, -0.1) is 0 Å². The van der Waals surface area contributed by atoms with E-state index in [1.165, 1.54) is 31.2 Å². The van der Waals surface area contributed by atoms with Crippen molar-refractivity contribution in [1.29, 1.82) is 0 Å². The molecule has 4 heteroatoms. The molecule has 0 bridgehead atoms. The van der Waals surface area contributed by atoms with Crippen LogP contribution in [0.1, 0.15) is 37.7 Å². The summed E-state index contributed by atoms with van der Waals surface area (Å²) < 4.78 is 0. The Balaban J connectivity index is 1.39. The molecule has 0 aliphatic carbocycles. The Morgan fingerprint density at radius 1 is 1.00 bits per heavy atom. The van der Waals surface area contributed by atoms with E-state index in [-0.39, 0.29) is 5.91 Å². The van der Waals surface area contributed by atoms with Gasteiger partial charge in [0, 0.05) is 25.7 Å². The van der Waals surface area contributed by atoms with E-state index in [9.17, 15) is 4.79 Å². The first kappa shape index (κ1) is 16.5. The van der Waals surface area contributed by atoms with Gasteiger partial charge in [-0.2, -0.15) is 0 Å². The number of hydrogen-bond acceptors (Lipinski definition) is 3. The lowest BCUT2D eigenvalue weighted by Crippen LogP contribution is -2.43. The lowest BCUT2D eigenvalue weighted by atomic mass is 10.2. The highest BCUT2D eigenvalue weighted by Crippen LogP contribution is 2.14. The fourth-order valence-electron chi connectivity index (χ4n) is 3.71. The first-order chi connectivity index (χ1) is 11.3. The lowest BCUT2D eigenvalue weighted by Gasteiger charge is -2.21. The molecule has 1 atom stereocenters. The monoisotopic (exact) mass is 315 g/mol. The van der Waals surface area contributed by atoms with Crippen LogP contribution in [-0.2, 0) is 11.3 Å². The SMILES string of the molecule is O=C(CN1CCCCCC1)N[C@H]1CCN(Cc2ccccc2)C1. The van der Waals surface area contributed by atoms with E-state index in [0.29, 0.717) is 12.6 Å². The van der Waals surface area contributed by atoms with Crippen molar-refractivity contribution in [2.45, 2.75) is 44.7 Å². The number of rotatable bonds is 5. The van der Waals surface area contributed by atoms with Crippen molar-refractivity contribution >= 4 is 5.91 Å². The molecule has 1 amide bonds. The van der Waals surface area contributed by atoms with Gasteiger partial charge in [-0.3, -0.25) is 14.6 Å². The number of carbonyl (C=O) groups is 1. The topological polar surface area (TPSA) is 35.6 Å². The summed E-state index contributed by atoms with van der Waals surface area (Å²) in [6.07, 6.45) is 6.17. The maximum Gasteiger partial charge on any atom is 0.234 e. The highest BCUT2D eigenvalue weighted by molar-refractivity contribution is 5.78. The molecule has 1 aromatic rings. The van der Waals surface area contributed by atoms with Gasteiger partial charge in [0.15, 0.2) is 0 Å².